The number of hydrogen-bond donors (Lipinski definition) is 1. The third kappa shape index (κ3) is 3.99. The monoisotopic (exact) mass is 430 g/mol. The summed E-state index contributed by atoms with van der Waals surface area (Å²) >= 11 is 6.17. The van der Waals surface area contributed by atoms with Crippen LogP contribution in [0.4, 0.5) is 11.4 Å². The second kappa shape index (κ2) is 8.40. The Kier molecular flexibility index (Phi) is 5.66. The topological polar surface area (TPSA) is 49.4 Å². The molecule has 2 amide bonds. The molecule has 0 fully saturated rings. The molecule has 0 radical (unpaired) electrons. The van der Waals surface area contributed by atoms with Crippen molar-refractivity contribution in [2.24, 2.45) is 0 Å². The Morgan fingerprint density at radius 2 is 1.55 bits per heavy atom. The molecule has 3 aromatic rings. The molecule has 1 N–H and O–H groups in total. The SMILES string of the molecule is Cc1ccc(Cl)cc1N1C(=O)C(Nc2ccc(C(C)C)cc2)=C(c2ccccc2)C1=O. The first-order valence-electron chi connectivity index (χ1n) is 10.2. The van der Waals surface area contributed by atoms with E-state index < -0.39 is 5.91 Å². The minimum atomic E-state index is -0.401. The molecule has 156 valence electrons. The number of carbonyl (C=O) groups is 2. The molecule has 0 unspecified atom stereocenters. The van der Waals surface area contributed by atoms with Crippen LogP contribution in [-0.4, -0.2) is 11.8 Å². The van der Waals surface area contributed by atoms with Crippen LogP contribution in [0.5, 0.6) is 0 Å². The zero-order valence-electron chi connectivity index (χ0n) is 17.6. The summed E-state index contributed by atoms with van der Waals surface area (Å²) in [5.74, 6) is -0.367. The number of hydrogen-bond acceptors (Lipinski definition) is 3. The van der Waals surface area contributed by atoms with E-state index in [0.29, 0.717) is 27.8 Å². The van der Waals surface area contributed by atoms with Crippen LogP contribution in [0.2, 0.25) is 5.02 Å². The Balaban J connectivity index is 1.80. The lowest BCUT2D eigenvalue weighted by Gasteiger charge is -2.18. The minimum Gasteiger partial charge on any atom is -0.350 e. The summed E-state index contributed by atoms with van der Waals surface area (Å²) in [7, 11) is 0. The van der Waals surface area contributed by atoms with Crippen molar-refractivity contribution in [3.8, 4) is 0 Å². The molecular weight excluding hydrogens is 408 g/mol. The van der Waals surface area contributed by atoms with Gasteiger partial charge in [0.25, 0.3) is 11.8 Å². The first-order valence-corrected chi connectivity index (χ1v) is 10.6. The first-order chi connectivity index (χ1) is 14.9. The van der Waals surface area contributed by atoms with Crippen molar-refractivity contribution in [3.63, 3.8) is 0 Å². The number of carbonyl (C=O) groups excluding carboxylic acids is 2. The maximum absolute atomic E-state index is 13.5. The summed E-state index contributed by atoms with van der Waals surface area (Å²) in [4.78, 5) is 28.2. The van der Waals surface area contributed by atoms with Crippen molar-refractivity contribution in [2.75, 3.05) is 10.2 Å². The lowest BCUT2D eigenvalue weighted by atomic mass is 10.0. The van der Waals surface area contributed by atoms with E-state index in [4.69, 9.17) is 11.6 Å². The Morgan fingerprint density at radius 1 is 0.871 bits per heavy atom. The van der Waals surface area contributed by atoms with Crippen molar-refractivity contribution in [1.29, 1.82) is 0 Å². The van der Waals surface area contributed by atoms with Crippen LogP contribution in [0.15, 0.2) is 78.5 Å². The Morgan fingerprint density at radius 3 is 2.19 bits per heavy atom. The molecule has 0 bridgehead atoms. The number of amides is 2. The normalized spacial score (nSPS) is 14.0. The molecule has 4 rings (SSSR count). The van der Waals surface area contributed by atoms with Crippen molar-refractivity contribution in [2.45, 2.75) is 26.7 Å². The number of imide groups is 1. The van der Waals surface area contributed by atoms with Gasteiger partial charge in [-0.2, -0.15) is 0 Å². The van der Waals surface area contributed by atoms with Crippen LogP contribution in [-0.2, 0) is 9.59 Å². The standard InChI is InChI=1S/C26H23ClN2O2/c1-16(2)18-10-13-21(14-11-18)28-24-23(19-7-5-4-6-8-19)25(30)29(26(24)31)22-15-20(27)12-9-17(22)3/h4-16,28H,1-3H3. The van der Waals surface area contributed by atoms with Crippen LogP contribution >= 0.6 is 11.6 Å². The van der Waals surface area contributed by atoms with E-state index in [9.17, 15) is 9.59 Å². The second-order valence-corrected chi connectivity index (χ2v) is 8.33. The minimum absolute atomic E-state index is 0.257. The molecule has 5 heteroatoms. The van der Waals surface area contributed by atoms with Crippen molar-refractivity contribution in [3.05, 3.63) is 100 Å². The average Bonchev–Trinajstić information content (AvgIpc) is 3.00. The zero-order valence-corrected chi connectivity index (χ0v) is 18.4. The van der Waals surface area contributed by atoms with Gasteiger partial charge in [0, 0.05) is 10.7 Å². The van der Waals surface area contributed by atoms with Crippen LogP contribution in [0.3, 0.4) is 0 Å². The molecule has 1 aliphatic rings. The third-order valence-electron chi connectivity index (χ3n) is 5.41. The van der Waals surface area contributed by atoms with Crippen molar-refractivity contribution in [1.82, 2.24) is 0 Å². The molecule has 0 spiro atoms. The fourth-order valence-corrected chi connectivity index (χ4v) is 3.82. The van der Waals surface area contributed by atoms with Crippen LogP contribution < -0.4 is 10.2 Å². The highest BCUT2D eigenvalue weighted by atomic mass is 35.5. The fourth-order valence-electron chi connectivity index (χ4n) is 3.66. The molecule has 0 saturated carbocycles. The van der Waals surface area contributed by atoms with Crippen LogP contribution in [0.25, 0.3) is 5.57 Å². The number of halogens is 1. The Bertz CT molecular complexity index is 1180. The molecule has 0 aromatic heterocycles. The van der Waals surface area contributed by atoms with Gasteiger partial charge in [-0.25, -0.2) is 4.90 Å². The van der Waals surface area contributed by atoms with E-state index in [1.165, 1.54) is 10.5 Å². The first kappa shape index (κ1) is 20.9. The maximum atomic E-state index is 13.5. The average molecular weight is 431 g/mol. The summed E-state index contributed by atoms with van der Waals surface area (Å²) in [6.07, 6.45) is 0. The number of nitrogens with one attached hydrogen (secondary N) is 1. The van der Waals surface area contributed by atoms with E-state index in [0.717, 1.165) is 11.3 Å². The third-order valence-corrected chi connectivity index (χ3v) is 5.64. The highest BCUT2D eigenvalue weighted by Gasteiger charge is 2.40. The molecule has 0 saturated heterocycles. The summed E-state index contributed by atoms with van der Waals surface area (Å²) < 4.78 is 0. The number of nitrogens with zero attached hydrogens (tertiary/aromatic N) is 1. The molecule has 1 aliphatic heterocycles. The summed E-state index contributed by atoms with van der Waals surface area (Å²) in [6, 6.07) is 22.3. The number of benzene rings is 3. The smallest absolute Gasteiger partial charge is 0.282 e. The molecule has 1 heterocycles. The van der Waals surface area contributed by atoms with Gasteiger partial charge in [0.15, 0.2) is 0 Å². The molecule has 0 aliphatic carbocycles. The number of anilines is 2. The molecular formula is C26H23ClN2O2. The Labute approximate surface area is 187 Å². The molecule has 0 atom stereocenters. The summed E-state index contributed by atoms with van der Waals surface area (Å²) in [5.41, 5.74) is 4.52. The second-order valence-electron chi connectivity index (χ2n) is 7.89. The fraction of sp³-hybridized carbons (Fsp3) is 0.154. The molecule has 4 nitrogen and oxygen atoms in total. The number of aryl methyl sites for hydroxylation is 1. The van der Waals surface area contributed by atoms with E-state index in [1.807, 2.05) is 61.5 Å². The lowest BCUT2D eigenvalue weighted by molar-refractivity contribution is -0.120. The van der Waals surface area contributed by atoms with Gasteiger partial charge in [-0.3, -0.25) is 9.59 Å². The largest absolute Gasteiger partial charge is 0.350 e. The van der Waals surface area contributed by atoms with E-state index in [2.05, 4.69) is 19.2 Å². The van der Waals surface area contributed by atoms with Gasteiger partial charge in [-0.05, 0) is 53.8 Å². The van der Waals surface area contributed by atoms with Crippen molar-refractivity contribution >= 4 is 40.4 Å². The highest BCUT2D eigenvalue weighted by molar-refractivity contribution is 6.46. The molecule has 31 heavy (non-hydrogen) atoms. The maximum Gasteiger partial charge on any atom is 0.282 e. The summed E-state index contributed by atoms with van der Waals surface area (Å²) in [5, 5.41) is 3.67. The highest BCUT2D eigenvalue weighted by Crippen LogP contribution is 2.36. The number of rotatable bonds is 5. The van der Waals surface area contributed by atoms with E-state index in [-0.39, 0.29) is 11.6 Å². The van der Waals surface area contributed by atoms with Gasteiger partial charge in [0.1, 0.15) is 5.70 Å². The van der Waals surface area contributed by atoms with Crippen molar-refractivity contribution < 1.29 is 9.59 Å². The zero-order chi connectivity index (χ0) is 22.1. The van der Waals surface area contributed by atoms with Crippen LogP contribution in [0, 0.1) is 6.92 Å². The predicted octanol–water partition coefficient (Wildman–Crippen LogP) is 6.17. The van der Waals surface area contributed by atoms with Gasteiger partial charge in [0.05, 0.1) is 11.3 Å². The van der Waals surface area contributed by atoms with Gasteiger partial charge >= 0.3 is 0 Å². The van der Waals surface area contributed by atoms with E-state index in [1.54, 1.807) is 18.2 Å². The summed E-state index contributed by atoms with van der Waals surface area (Å²) in [6.45, 7) is 6.11. The van der Waals surface area contributed by atoms with Gasteiger partial charge in [-0.1, -0.05) is 74.0 Å². The van der Waals surface area contributed by atoms with Gasteiger partial charge in [0.2, 0.25) is 0 Å². The van der Waals surface area contributed by atoms with Crippen LogP contribution in [0.1, 0.15) is 36.5 Å². The van der Waals surface area contributed by atoms with Gasteiger partial charge < -0.3 is 5.32 Å². The van der Waals surface area contributed by atoms with E-state index >= 15 is 0 Å². The predicted molar refractivity (Wildman–Crippen MR) is 126 cm³/mol. The lowest BCUT2D eigenvalue weighted by Crippen LogP contribution is -2.33. The Hall–Kier alpha value is -3.37. The quantitative estimate of drug-likeness (QED) is 0.492. The molecule has 3 aromatic carbocycles. The van der Waals surface area contributed by atoms with Gasteiger partial charge in [-0.15, -0.1) is 0 Å².